The molecule has 1 N–H and O–H groups in total. The molecular weight excluding hydrogens is 484 g/mol. The second-order valence-corrected chi connectivity index (χ2v) is 10.1. The number of nitrogens with one attached hydrogen (secondary N) is 1. The van der Waals surface area contributed by atoms with Crippen LogP contribution in [-0.4, -0.2) is 35.4 Å². The normalized spacial score (nSPS) is 12.6. The first-order chi connectivity index (χ1) is 17.8. The average Bonchev–Trinajstić information content (AvgIpc) is 2.90. The summed E-state index contributed by atoms with van der Waals surface area (Å²) in [7, 11) is 0. The lowest BCUT2D eigenvalue weighted by Crippen LogP contribution is -2.53. The Morgan fingerprint density at radius 2 is 1.57 bits per heavy atom. The summed E-state index contributed by atoms with van der Waals surface area (Å²) in [6.45, 7) is 8.24. The molecule has 3 aromatic rings. The van der Waals surface area contributed by atoms with Gasteiger partial charge in [-0.2, -0.15) is 0 Å². The van der Waals surface area contributed by atoms with E-state index in [1.54, 1.807) is 11.0 Å². The molecule has 0 unspecified atom stereocenters. The minimum Gasteiger partial charge on any atom is -0.484 e. The van der Waals surface area contributed by atoms with E-state index in [4.69, 9.17) is 16.3 Å². The van der Waals surface area contributed by atoms with Crippen molar-refractivity contribution in [2.24, 2.45) is 0 Å². The van der Waals surface area contributed by atoms with Gasteiger partial charge in [-0.15, -0.1) is 0 Å². The molecule has 0 radical (unpaired) electrons. The third-order valence-electron chi connectivity index (χ3n) is 6.48. The Labute approximate surface area is 225 Å². The van der Waals surface area contributed by atoms with Crippen LogP contribution in [0, 0.1) is 0 Å². The molecule has 0 aliphatic carbocycles. The van der Waals surface area contributed by atoms with E-state index >= 15 is 0 Å². The summed E-state index contributed by atoms with van der Waals surface area (Å²) in [4.78, 5) is 28.8. The minimum absolute atomic E-state index is 0.0150. The summed E-state index contributed by atoms with van der Waals surface area (Å²) in [5.74, 6) is 0.539. The maximum absolute atomic E-state index is 13.7. The zero-order chi connectivity index (χ0) is 26.8. The number of carbonyl (C=O) groups is 2. The number of hydrogen-bond acceptors (Lipinski definition) is 3. The maximum Gasteiger partial charge on any atom is 0.261 e. The lowest BCUT2D eigenvalue weighted by molar-refractivity contribution is -0.143. The predicted octanol–water partition coefficient (Wildman–Crippen LogP) is 6.40. The third kappa shape index (κ3) is 8.36. The van der Waals surface area contributed by atoms with E-state index in [9.17, 15) is 9.59 Å². The summed E-state index contributed by atoms with van der Waals surface area (Å²) >= 11 is 6.47. The molecule has 0 aliphatic rings. The van der Waals surface area contributed by atoms with Gasteiger partial charge >= 0.3 is 0 Å². The Hall–Kier alpha value is -3.31. The van der Waals surface area contributed by atoms with E-state index in [-0.39, 0.29) is 31.0 Å². The number of benzene rings is 3. The first kappa shape index (κ1) is 28.3. The van der Waals surface area contributed by atoms with Crippen molar-refractivity contribution >= 4 is 23.4 Å². The molecule has 6 heteroatoms. The first-order valence-electron chi connectivity index (χ1n) is 12.9. The Morgan fingerprint density at radius 1 is 0.919 bits per heavy atom. The van der Waals surface area contributed by atoms with Gasteiger partial charge in [0, 0.05) is 24.0 Å². The van der Waals surface area contributed by atoms with Crippen molar-refractivity contribution in [1.29, 1.82) is 0 Å². The summed E-state index contributed by atoms with van der Waals surface area (Å²) in [6.07, 6.45) is 1.17. The molecule has 0 bridgehead atoms. The van der Waals surface area contributed by atoms with Gasteiger partial charge in [0.05, 0.1) is 0 Å². The SMILES string of the molecule is CC[C@H](C)NC(=O)[C@@H](Cc1ccccc1)N(Cc1ccccc1Cl)C(=O)COc1ccc(C(C)C)cc1. The lowest BCUT2D eigenvalue weighted by atomic mass is 10.0. The highest BCUT2D eigenvalue weighted by Gasteiger charge is 2.31. The number of halogens is 1. The number of nitrogens with zero attached hydrogens (tertiary/aromatic N) is 1. The largest absolute Gasteiger partial charge is 0.484 e. The summed E-state index contributed by atoms with van der Waals surface area (Å²) in [6, 6.07) is 24.1. The van der Waals surface area contributed by atoms with Crippen LogP contribution in [0.15, 0.2) is 78.9 Å². The minimum atomic E-state index is -0.730. The van der Waals surface area contributed by atoms with Crippen LogP contribution in [-0.2, 0) is 22.6 Å². The third-order valence-corrected chi connectivity index (χ3v) is 6.85. The molecule has 0 heterocycles. The number of amides is 2. The first-order valence-corrected chi connectivity index (χ1v) is 13.3. The number of hydrogen-bond donors (Lipinski definition) is 1. The van der Waals surface area contributed by atoms with Crippen molar-refractivity contribution in [3.63, 3.8) is 0 Å². The quantitative estimate of drug-likeness (QED) is 0.301. The Kier molecular flexibility index (Phi) is 10.6. The molecule has 2 amide bonds. The van der Waals surface area contributed by atoms with Crippen molar-refractivity contribution < 1.29 is 14.3 Å². The molecule has 0 saturated heterocycles. The second-order valence-electron chi connectivity index (χ2n) is 9.65. The van der Waals surface area contributed by atoms with Gasteiger partial charge in [0.2, 0.25) is 5.91 Å². The molecule has 0 aromatic heterocycles. The van der Waals surface area contributed by atoms with Crippen LogP contribution >= 0.6 is 11.6 Å². The molecule has 37 heavy (non-hydrogen) atoms. The van der Waals surface area contributed by atoms with E-state index in [1.807, 2.05) is 86.6 Å². The smallest absolute Gasteiger partial charge is 0.261 e. The molecule has 5 nitrogen and oxygen atoms in total. The zero-order valence-corrected chi connectivity index (χ0v) is 22.9. The van der Waals surface area contributed by atoms with Gasteiger partial charge in [-0.25, -0.2) is 0 Å². The van der Waals surface area contributed by atoms with Gasteiger partial charge < -0.3 is 15.0 Å². The summed E-state index contributed by atoms with van der Waals surface area (Å²) in [5.41, 5.74) is 2.94. The van der Waals surface area contributed by atoms with Crippen LogP contribution in [0.1, 0.15) is 56.7 Å². The fourth-order valence-corrected chi connectivity index (χ4v) is 4.18. The van der Waals surface area contributed by atoms with Gasteiger partial charge in [0.15, 0.2) is 6.61 Å². The molecule has 3 rings (SSSR count). The average molecular weight is 521 g/mol. The highest BCUT2D eigenvalue weighted by molar-refractivity contribution is 6.31. The monoisotopic (exact) mass is 520 g/mol. The van der Waals surface area contributed by atoms with Crippen molar-refractivity contribution in [3.8, 4) is 5.75 Å². The van der Waals surface area contributed by atoms with Crippen LogP contribution in [0.5, 0.6) is 5.75 Å². The Balaban J connectivity index is 1.90. The van der Waals surface area contributed by atoms with E-state index < -0.39 is 6.04 Å². The lowest BCUT2D eigenvalue weighted by Gasteiger charge is -2.32. The highest BCUT2D eigenvalue weighted by atomic mass is 35.5. The van der Waals surface area contributed by atoms with Crippen LogP contribution in [0.4, 0.5) is 0 Å². The van der Waals surface area contributed by atoms with Gasteiger partial charge in [-0.1, -0.05) is 93.0 Å². The number of carbonyl (C=O) groups excluding carboxylic acids is 2. The fourth-order valence-electron chi connectivity index (χ4n) is 3.98. The van der Waals surface area contributed by atoms with E-state index in [1.165, 1.54) is 5.56 Å². The van der Waals surface area contributed by atoms with Gasteiger partial charge in [-0.05, 0) is 54.2 Å². The molecule has 3 aromatic carbocycles. The molecule has 0 saturated carbocycles. The number of ether oxygens (including phenoxy) is 1. The second kappa shape index (κ2) is 13.8. The maximum atomic E-state index is 13.7. The van der Waals surface area contributed by atoms with Crippen LogP contribution in [0.3, 0.4) is 0 Å². The Bertz CT molecular complexity index is 1150. The van der Waals surface area contributed by atoms with Crippen LogP contribution in [0.25, 0.3) is 0 Å². The number of rotatable bonds is 12. The zero-order valence-electron chi connectivity index (χ0n) is 22.1. The highest BCUT2D eigenvalue weighted by Crippen LogP contribution is 2.22. The van der Waals surface area contributed by atoms with Crippen molar-refractivity contribution in [2.75, 3.05) is 6.61 Å². The van der Waals surface area contributed by atoms with Gasteiger partial charge in [0.25, 0.3) is 5.91 Å². The molecule has 0 fully saturated rings. The predicted molar refractivity (Wildman–Crippen MR) is 150 cm³/mol. The molecule has 0 spiro atoms. The van der Waals surface area contributed by atoms with Crippen molar-refractivity contribution in [1.82, 2.24) is 10.2 Å². The van der Waals surface area contributed by atoms with E-state index in [0.717, 1.165) is 17.5 Å². The summed E-state index contributed by atoms with van der Waals surface area (Å²) < 4.78 is 5.88. The van der Waals surface area contributed by atoms with Crippen LogP contribution in [0.2, 0.25) is 5.02 Å². The molecular formula is C31H37ClN2O3. The van der Waals surface area contributed by atoms with E-state index in [0.29, 0.717) is 23.1 Å². The van der Waals surface area contributed by atoms with E-state index in [2.05, 4.69) is 19.2 Å². The Morgan fingerprint density at radius 3 is 2.19 bits per heavy atom. The topological polar surface area (TPSA) is 58.6 Å². The van der Waals surface area contributed by atoms with Gasteiger partial charge in [-0.3, -0.25) is 9.59 Å². The van der Waals surface area contributed by atoms with Gasteiger partial charge in [0.1, 0.15) is 11.8 Å². The van der Waals surface area contributed by atoms with Crippen molar-refractivity contribution in [3.05, 3.63) is 101 Å². The summed E-state index contributed by atoms with van der Waals surface area (Å²) in [5, 5.41) is 3.62. The van der Waals surface area contributed by atoms with Crippen molar-refractivity contribution in [2.45, 2.75) is 65.1 Å². The fraction of sp³-hybridized carbons (Fsp3) is 0.355. The standard InChI is InChI=1S/C31H37ClN2O3/c1-5-23(4)33-31(36)29(19-24-11-7-6-8-12-24)34(20-26-13-9-10-14-28(26)32)30(35)21-37-27-17-15-25(16-18-27)22(2)3/h6-18,22-23,29H,5,19-21H2,1-4H3,(H,33,36)/t23-,29+/m0/s1. The molecule has 0 aliphatic heterocycles. The van der Waals surface area contributed by atoms with Crippen LogP contribution < -0.4 is 10.1 Å². The molecule has 2 atom stereocenters. The molecule has 196 valence electrons.